The molecule has 1 fully saturated rings. The Morgan fingerprint density at radius 3 is 2.52 bits per heavy atom. The molecule has 1 aliphatic heterocycles. The molecule has 1 atom stereocenters. The second-order valence-corrected chi connectivity index (χ2v) is 7.57. The van der Waals surface area contributed by atoms with Gasteiger partial charge in [-0.05, 0) is 60.6 Å². The fraction of sp³-hybridized carbons (Fsp3) is 0.348. The van der Waals surface area contributed by atoms with E-state index in [2.05, 4.69) is 5.32 Å². The number of aryl methyl sites for hydroxylation is 2. The summed E-state index contributed by atoms with van der Waals surface area (Å²) in [6.07, 6.45) is 3.49. The molecule has 6 nitrogen and oxygen atoms in total. The van der Waals surface area contributed by atoms with E-state index in [0.717, 1.165) is 24.2 Å². The van der Waals surface area contributed by atoms with Crippen LogP contribution in [0.3, 0.4) is 0 Å². The molecule has 0 saturated carbocycles. The lowest BCUT2D eigenvalue weighted by molar-refractivity contribution is -0.131. The van der Waals surface area contributed by atoms with Crippen LogP contribution in [-0.4, -0.2) is 36.3 Å². The van der Waals surface area contributed by atoms with Gasteiger partial charge in [-0.3, -0.25) is 14.5 Å². The van der Waals surface area contributed by atoms with Gasteiger partial charge in [0.05, 0.1) is 13.7 Å². The van der Waals surface area contributed by atoms with E-state index < -0.39 is 17.5 Å². The molecule has 0 bridgehead atoms. The number of amides is 3. The monoisotopic (exact) mass is 392 g/mol. The molecule has 2 aromatic rings. The summed E-state index contributed by atoms with van der Waals surface area (Å²) in [6.45, 7) is 1.58. The summed E-state index contributed by atoms with van der Waals surface area (Å²) in [7, 11) is 1.57. The molecule has 6 heteroatoms. The molecule has 0 aromatic heterocycles. The smallest absolute Gasteiger partial charge is 0.325 e. The Balaban J connectivity index is 1.57. The summed E-state index contributed by atoms with van der Waals surface area (Å²) in [6, 6.07) is 12.2. The van der Waals surface area contributed by atoms with E-state index in [9.17, 15) is 14.4 Å². The predicted octanol–water partition coefficient (Wildman–Crippen LogP) is 3.22. The van der Waals surface area contributed by atoms with Gasteiger partial charge in [-0.25, -0.2) is 4.79 Å². The number of hydrogen-bond donors (Lipinski definition) is 1. The van der Waals surface area contributed by atoms with Crippen LogP contribution in [0.25, 0.3) is 0 Å². The van der Waals surface area contributed by atoms with Crippen molar-refractivity contribution in [1.82, 2.24) is 10.2 Å². The van der Waals surface area contributed by atoms with Crippen LogP contribution in [0.1, 0.15) is 46.8 Å². The average molecular weight is 392 g/mol. The van der Waals surface area contributed by atoms with E-state index in [0.29, 0.717) is 23.3 Å². The van der Waals surface area contributed by atoms with Crippen LogP contribution in [-0.2, 0) is 23.2 Å². The first-order valence-electron chi connectivity index (χ1n) is 9.92. The Kier molecular flexibility index (Phi) is 4.86. The largest absolute Gasteiger partial charge is 0.497 e. The summed E-state index contributed by atoms with van der Waals surface area (Å²) in [4.78, 5) is 39.7. The molecule has 1 heterocycles. The van der Waals surface area contributed by atoms with E-state index in [-0.39, 0.29) is 12.3 Å². The summed E-state index contributed by atoms with van der Waals surface area (Å²) in [5.74, 6) is 0.0370. The number of nitrogens with zero attached hydrogens (tertiary/aromatic N) is 1. The number of rotatable bonds is 6. The van der Waals surface area contributed by atoms with Crippen molar-refractivity contribution in [3.63, 3.8) is 0 Å². The minimum atomic E-state index is -1.17. The average Bonchev–Trinajstić information content (AvgIpc) is 3.31. The molecule has 0 spiro atoms. The van der Waals surface area contributed by atoms with Gasteiger partial charge in [0.15, 0.2) is 5.78 Å². The highest BCUT2D eigenvalue weighted by molar-refractivity contribution is 6.11. The van der Waals surface area contributed by atoms with Crippen molar-refractivity contribution < 1.29 is 19.1 Å². The number of carbonyl (C=O) groups excluding carboxylic acids is 3. The minimum Gasteiger partial charge on any atom is -0.497 e. The number of ether oxygens (including phenoxy) is 1. The van der Waals surface area contributed by atoms with Crippen LogP contribution in [0.2, 0.25) is 0 Å². The lowest BCUT2D eigenvalue weighted by Gasteiger charge is -2.26. The second-order valence-electron chi connectivity index (χ2n) is 7.57. The number of ketones is 1. The fourth-order valence-electron chi connectivity index (χ4n) is 4.26. The predicted molar refractivity (Wildman–Crippen MR) is 108 cm³/mol. The van der Waals surface area contributed by atoms with E-state index >= 15 is 0 Å². The first kappa shape index (κ1) is 19.2. The number of fused-ring (bicyclic) bond motifs is 1. The molecule has 1 N–H and O–H groups in total. The maximum atomic E-state index is 13.2. The van der Waals surface area contributed by atoms with E-state index in [1.54, 1.807) is 37.4 Å². The van der Waals surface area contributed by atoms with Crippen molar-refractivity contribution in [2.24, 2.45) is 0 Å². The molecule has 150 valence electrons. The summed E-state index contributed by atoms with van der Waals surface area (Å²) in [5, 5.41) is 2.81. The number of carbonyl (C=O) groups is 3. The van der Waals surface area contributed by atoms with Gasteiger partial charge >= 0.3 is 6.03 Å². The maximum Gasteiger partial charge on any atom is 0.325 e. The highest BCUT2D eigenvalue weighted by Crippen LogP contribution is 2.33. The molecule has 4 rings (SSSR count). The molecular formula is C23H24N2O4. The molecule has 2 aliphatic rings. The third kappa shape index (κ3) is 3.18. The van der Waals surface area contributed by atoms with Gasteiger partial charge in [0.2, 0.25) is 0 Å². The summed E-state index contributed by atoms with van der Waals surface area (Å²) in [5.41, 5.74) is 2.52. The van der Waals surface area contributed by atoms with Crippen LogP contribution in [0.5, 0.6) is 5.75 Å². The number of hydrogen-bond acceptors (Lipinski definition) is 4. The van der Waals surface area contributed by atoms with Crippen molar-refractivity contribution in [2.45, 2.75) is 38.1 Å². The SMILES string of the molecule is CC[C@]1(c2ccc(OC)cc2)NC(=O)N(CC(=O)c2ccc3c(c2)CCC3)C1=O. The van der Waals surface area contributed by atoms with E-state index in [4.69, 9.17) is 4.74 Å². The lowest BCUT2D eigenvalue weighted by Crippen LogP contribution is -2.43. The van der Waals surface area contributed by atoms with Crippen molar-refractivity contribution in [3.05, 3.63) is 64.7 Å². The molecule has 29 heavy (non-hydrogen) atoms. The fourth-order valence-corrected chi connectivity index (χ4v) is 4.26. The van der Waals surface area contributed by atoms with Crippen LogP contribution in [0.4, 0.5) is 4.79 Å². The number of methoxy groups -OCH3 is 1. The summed E-state index contributed by atoms with van der Waals surface area (Å²) >= 11 is 0. The zero-order valence-electron chi connectivity index (χ0n) is 16.7. The van der Waals surface area contributed by atoms with Gasteiger partial charge in [-0.2, -0.15) is 0 Å². The Hall–Kier alpha value is -3.15. The van der Waals surface area contributed by atoms with E-state index in [1.807, 2.05) is 19.1 Å². The van der Waals surface area contributed by atoms with Crippen LogP contribution in [0, 0.1) is 0 Å². The van der Waals surface area contributed by atoms with Gasteiger partial charge in [-0.1, -0.05) is 31.2 Å². The normalized spacial score (nSPS) is 20.6. The number of nitrogens with one attached hydrogen (secondary N) is 1. The zero-order chi connectivity index (χ0) is 20.6. The minimum absolute atomic E-state index is 0.232. The first-order valence-corrected chi connectivity index (χ1v) is 9.92. The Morgan fingerprint density at radius 2 is 1.83 bits per heavy atom. The first-order chi connectivity index (χ1) is 14.0. The van der Waals surface area contributed by atoms with Crippen molar-refractivity contribution >= 4 is 17.7 Å². The lowest BCUT2D eigenvalue weighted by atomic mass is 9.87. The van der Waals surface area contributed by atoms with Crippen LogP contribution in [0.15, 0.2) is 42.5 Å². The van der Waals surface area contributed by atoms with Crippen LogP contribution < -0.4 is 10.1 Å². The third-order valence-corrected chi connectivity index (χ3v) is 6.01. The second kappa shape index (κ2) is 7.35. The number of benzene rings is 2. The van der Waals surface area contributed by atoms with Gasteiger partial charge in [0.1, 0.15) is 11.3 Å². The van der Waals surface area contributed by atoms with Crippen molar-refractivity contribution in [1.29, 1.82) is 0 Å². The van der Waals surface area contributed by atoms with E-state index in [1.165, 1.54) is 11.1 Å². The molecule has 0 unspecified atom stereocenters. The number of Topliss-reactive ketones (excluding diaryl/α,β-unsaturated/α-hetero) is 1. The summed E-state index contributed by atoms with van der Waals surface area (Å²) < 4.78 is 5.17. The van der Waals surface area contributed by atoms with Gasteiger partial charge in [0.25, 0.3) is 5.91 Å². The number of imide groups is 1. The molecule has 3 amide bonds. The molecule has 1 aliphatic carbocycles. The van der Waals surface area contributed by atoms with Gasteiger partial charge in [0, 0.05) is 5.56 Å². The Bertz CT molecular complexity index is 983. The maximum absolute atomic E-state index is 13.2. The highest BCUT2D eigenvalue weighted by Gasteiger charge is 2.51. The van der Waals surface area contributed by atoms with Gasteiger partial charge in [-0.15, -0.1) is 0 Å². The topological polar surface area (TPSA) is 75.7 Å². The Labute approximate surface area is 169 Å². The molecule has 0 radical (unpaired) electrons. The number of urea groups is 1. The zero-order valence-corrected chi connectivity index (χ0v) is 16.7. The molecular weight excluding hydrogens is 368 g/mol. The quantitative estimate of drug-likeness (QED) is 0.605. The third-order valence-electron chi connectivity index (χ3n) is 6.01. The molecule has 1 saturated heterocycles. The molecule has 2 aromatic carbocycles. The standard InChI is InChI=1S/C23H24N2O4/c1-3-23(18-9-11-19(29-2)12-10-18)21(27)25(22(28)24-23)14-20(26)17-8-7-15-5-4-6-16(15)13-17/h7-13H,3-6,14H2,1-2H3,(H,24,28)/t23-/m1/s1. The van der Waals surface area contributed by atoms with Crippen molar-refractivity contribution in [2.75, 3.05) is 13.7 Å². The Morgan fingerprint density at radius 1 is 1.10 bits per heavy atom. The van der Waals surface area contributed by atoms with Crippen LogP contribution >= 0.6 is 0 Å². The van der Waals surface area contributed by atoms with Gasteiger partial charge < -0.3 is 10.1 Å². The van der Waals surface area contributed by atoms with Crippen molar-refractivity contribution in [3.8, 4) is 5.75 Å². The highest BCUT2D eigenvalue weighted by atomic mass is 16.5.